The summed E-state index contributed by atoms with van der Waals surface area (Å²) in [4.78, 5) is 13.8. The van der Waals surface area contributed by atoms with E-state index in [1.165, 1.54) is 6.20 Å². The van der Waals surface area contributed by atoms with Crippen LogP contribution < -0.4 is 0 Å². The Bertz CT molecular complexity index is 331. The van der Waals surface area contributed by atoms with E-state index in [1.807, 2.05) is 19.4 Å². The lowest BCUT2D eigenvalue weighted by atomic mass is 10.3. The van der Waals surface area contributed by atoms with Gasteiger partial charge in [0, 0.05) is 32.5 Å². The Labute approximate surface area is 95.3 Å². The molecule has 5 heteroatoms. The van der Waals surface area contributed by atoms with E-state index < -0.39 is 0 Å². The fourth-order valence-corrected chi connectivity index (χ4v) is 1.30. The van der Waals surface area contributed by atoms with Crippen LogP contribution in [-0.2, 0) is 4.74 Å². The van der Waals surface area contributed by atoms with Crippen LogP contribution in [0.15, 0.2) is 29.6 Å². The predicted molar refractivity (Wildman–Crippen MR) is 61.5 cm³/mol. The van der Waals surface area contributed by atoms with Crippen molar-refractivity contribution in [3.8, 4) is 12.3 Å². The Hall–Kier alpha value is -1.80. The minimum absolute atomic E-state index is 0.396. The third-order valence-corrected chi connectivity index (χ3v) is 2.13. The van der Waals surface area contributed by atoms with Crippen LogP contribution >= 0.6 is 0 Å². The van der Waals surface area contributed by atoms with E-state index in [9.17, 15) is 4.91 Å². The van der Waals surface area contributed by atoms with Gasteiger partial charge in [0.2, 0.25) is 0 Å². The summed E-state index contributed by atoms with van der Waals surface area (Å²) in [5, 5.41) is 2.76. The minimum atomic E-state index is 0.396. The van der Waals surface area contributed by atoms with Gasteiger partial charge in [-0.2, -0.15) is 0 Å². The largest absolute Gasteiger partial charge is 0.361 e. The number of unbranched alkanes of at least 4 members (excludes halogenated alkanes) is 1. The summed E-state index contributed by atoms with van der Waals surface area (Å²) in [7, 11) is 1.84. The highest BCUT2D eigenvalue weighted by atomic mass is 16.5. The molecule has 16 heavy (non-hydrogen) atoms. The molecule has 0 fully saturated rings. The van der Waals surface area contributed by atoms with E-state index in [2.05, 4.69) is 11.1 Å². The minimum Gasteiger partial charge on any atom is -0.361 e. The lowest BCUT2D eigenvalue weighted by Crippen LogP contribution is -2.22. The van der Waals surface area contributed by atoms with Crippen LogP contribution in [0.5, 0.6) is 0 Å². The first-order valence-corrected chi connectivity index (χ1v) is 5.01. The van der Waals surface area contributed by atoms with Crippen LogP contribution in [-0.4, -0.2) is 30.2 Å². The van der Waals surface area contributed by atoms with Crippen molar-refractivity contribution in [3.63, 3.8) is 0 Å². The van der Waals surface area contributed by atoms with E-state index in [-0.39, 0.29) is 0 Å². The number of terminal acetylenes is 1. The van der Waals surface area contributed by atoms with Gasteiger partial charge in [-0.3, -0.25) is 0 Å². The molecular formula is C11H15N3O2. The molecule has 0 spiro atoms. The quantitative estimate of drug-likeness (QED) is 0.389. The first-order valence-electron chi connectivity index (χ1n) is 5.01. The summed E-state index contributed by atoms with van der Waals surface area (Å²) < 4.78 is 5.41. The molecule has 0 radical (unpaired) electrons. The van der Waals surface area contributed by atoms with Gasteiger partial charge < -0.3 is 14.5 Å². The number of nitrogens with zero attached hydrogens (tertiary/aromatic N) is 3. The molecule has 1 aliphatic heterocycles. The molecule has 0 N–H and O–H groups in total. The molecule has 0 unspecified atom stereocenters. The normalized spacial score (nSPS) is 16.9. The molecule has 0 aromatic carbocycles. The van der Waals surface area contributed by atoms with Gasteiger partial charge in [-0.1, -0.05) is 0 Å². The second-order valence-corrected chi connectivity index (χ2v) is 3.32. The zero-order chi connectivity index (χ0) is 11.8. The Kier molecular flexibility index (Phi) is 5.09. The molecule has 0 aliphatic carbocycles. The highest BCUT2D eigenvalue weighted by Crippen LogP contribution is 2.17. The third-order valence-electron chi connectivity index (χ3n) is 2.13. The van der Waals surface area contributed by atoms with Crippen molar-refractivity contribution in [2.24, 2.45) is 5.18 Å². The number of hydrogen-bond donors (Lipinski definition) is 0. The first-order chi connectivity index (χ1) is 7.79. The van der Waals surface area contributed by atoms with Crippen molar-refractivity contribution in [1.82, 2.24) is 9.80 Å². The maximum Gasteiger partial charge on any atom is 0.136 e. The molecule has 1 aliphatic rings. The Balaban J connectivity index is 2.31. The average Bonchev–Trinajstić information content (AvgIpc) is 2.62. The fourth-order valence-electron chi connectivity index (χ4n) is 1.30. The number of hydrogen-bond acceptors (Lipinski definition) is 5. The molecular weight excluding hydrogens is 206 g/mol. The zero-order valence-electron chi connectivity index (χ0n) is 9.30. The first kappa shape index (κ1) is 12.3. The van der Waals surface area contributed by atoms with Gasteiger partial charge in [-0.15, -0.1) is 17.3 Å². The lowest BCUT2D eigenvalue weighted by molar-refractivity contribution is 0.0646. The molecule has 0 saturated heterocycles. The summed E-state index contributed by atoms with van der Waals surface area (Å²) in [6.07, 6.45) is 11.6. The third kappa shape index (κ3) is 3.41. The number of ether oxygens (including phenoxy) is 1. The maximum atomic E-state index is 10.2. The van der Waals surface area contributed by atoms with E-state index in [4.69, 9.17) is 11.2 Å². The molecule has 0 bridgehead atoms. The van der Waals surface area contributed by atoms with Crippen molar-refractivity contribution in [2.45, 2.75) is 12.8 Å². The molecule has 0 atom stereocenters. The zero-order valence-corrected chi connectivity index (χ0v) is 9.30. The van der Waals surface area contributed by atoms with E-state index in [1.54, 1.807) is 9.80 Å². The van der Waals surface area contributed by atoms with Gasteiger partial charge in [0.15, 0.2) is 0 Å². The maximum absolute atomic E-state index is 10.2. The second-order valence-electron chi connectivity index (χ2n) is 3.32. The van der Waals surface area contributed by atoms with Crippen LogP contribution in [0, 0.1) is 17.3 Å². The van der Waals surface area contributed by atoms with Gasteiger partial charge in [0.05, 0.1) is 0 Å². The van der Waals surface area contributed by atoms with Gasteiger partial charge in [0.25, 0.3) is 0 Å². The summed E-state index contributed by atoms with van der Waals surface area (Å²) >= 11 is 0. The predicted octanol–water partition coefficient (Wildman–Crippen LogP) is 1.66. The van der Waals surface area contributed by atoms with Crippen LogP contribution in [0.2, 0.25) is 0 Å². The molecule has 0 saturated carbocycles. The van der Waals surface area contributed by atoms with Crippen LogP contribution in [0.3, 0.4) is 0 Å². The standard InChI is InChI=1S/C11H15N3O2/c1-3-4-5-8-16-10-14-7-6-13(2)11(14)9-12-15/h1,6-7,9H,4-5,8,10H2,2H3/b11-9+. The second kappa shape index (κ2) is 6.64. The fraction of sp³-hybridized carbons (Fsp3) is 0.455. The Morgan fingerprint density at radius 3 is 3.12 bits per heavy atom. The molecule has 0 aromatic heterocycles. The van der Waals surface area contributed by atoms with Crippen molar-refractivity contribution < 1.29 is 4.74 Å². The molecule has 5 nitrogen and oxygen atoms in total. The Morgan fingerprint density at radius 2 is 2.44 bits per heavy atom. The van der Waals surface area contributed by atoms with Crippen LogP contribution in [0.1, 0.15) is 12.8 Å². The summed E-state index contributed by atoms with van der Waals surface area (Å²) in [6, 6.07) is 0. The van der Waals surface area contributed by atoms with Gasteiger partial charge >= 0.3 is 0 Å². The molecule has 1 heterocycles. The summed E-state index contributed by atoms with van der Waals surface area (Å²) in [5.41, 5.74) is 0. The van der Waals surface area contributed by atoms with Crippen molar-refractivity contribution in [1.29, 1.82) is 0 Å². The summed E-state index contributed by atoms with van der Waals surface area (Å²) in [6.45, 7) is 1.01. The lowest BCUT2D eigenvalue weighted by Gasteiger charge is -2.20. The van der Waals surface area contributed by atoms with Crippen molar-refractivity contribution in [2.75, 3.05) is 20.4 Å². The average molecular weight is 221 g/mol. The van der Waals surface area contributed by atoms with Gasteiger partial charge in [-0.25, -0.2) is 0 Å². The molecule has 0 aromatic rings. The van der Waals surface area contributed by atoms with E-state index in [0.29, 0.717) is 25.6 Å². The van der Waals surface area contributed by atoms with Gasteiger partial charge in [0.1, 0.15) is 18.8 Å². The molecule has 1 rings (SSSR count). The topological polar surface area (TPSA) is 45.1 Å². The smallest absolute Gasteiger partial charge is 0.136 e. The number of nitroso groups, excluding NO2 is 1. The number of rotatable bonds is 6. The highest BCUT2D eigenvalue weighted by Gasteiger charge is 2.16. The highest BCUT2D eigenvalue weighted by molar-refractivity contribution is 5.12. The molecule has 86 valence electrons. The van der Waals surface area contributed by atoms with Crippen molar-refractivity contribution >= 4 is 0 Å². The van der Waals surface area contributed by atoms with E-state index >= 15 is 0 Å². The SMILES string of the molecule is C#CCCCOCN1C=CN(C)/C1=C\N=O. The van der Waals surface area contributed by atoms with Gasteiger partial charge in [-0.05, 0) is 11.6 Å². The van der Waals surface area contributed by atoms with Crippen LogP contribution in [0.25, 0.3) is 0 Å². The monoisotopic (exact) mass is 221 g/mol. The summed E-state index contributed by atoms with van der Waals surface area (Å²) in [5.74, 6) is 3.25. The van der Waals surface area contributed by atoms with E-state index in [0.717, 1.165) is 6.42 Å². The van der Waals surface area contributed by atoms with Crippen molar-refractivity contribution in [3.05, 3.63) is 29.3 Å². The Morgan fingerprint density at radius 1 is 1.62 bits per heavy atom. The molecule has 0 amide bonds. The van der Waals surface area contributed by atoms with Crippen LogP contribution in [0.4, 0.5) is 0 Å².